The van der Waals surface area contributed by atoms with Gasteiger partial charge in [-0.1, -0.05) is 40.9 Å². The molecule has 1 fully saturated rings. The number of methoxy groups -OCH3 is 1. The number of carbonyl (C=O) groups excluding carboxylic acids is 1. The number of carbonyl (C=O) groups is 1. The quantitative estimate of drug-likeness (QED) is 0.179. The number of amidine groups is 1. The smallest absolute Gasteiger partial charge is 0.266 e. The molecule has 4 rings (SSSR count). The summed E-state index contributed by atoms with van der Waals surface area (Å²) >= 11 is 25.2. The van der Waals surface area contributed by atoms with Crippen LogP contribution in [-0.4, -0.2) is 29.6 Å². The van der Waals surface area contributed by atoms with E-state index >= 15 is 0 Å². The lowest BCUT2D eigenvalue weighted by molar-refractivity contribution is -0.122. The molecular formula is C26H19BrCl3IN2O3S. The van der Waals surface area contributed by atoms with Gasteiger partial charge in [0.2, 0.25) is 0 Å². The van der Waals surface area contributed by atoms with E-state index in [2.05, 4.69) is 43.5 Å². The Labute approximate surface area is 256 Å². The van der Waals surface area contributed by atoms with Gasteiger partial charge in [0.15, 0.2) is 16.7 Å². The van der Waals surface area contributed by atoms with Crippen LogP contribution in [0.5, 0.6) is 11.5 Å². The first kappa shape index (κ1) is 28.6. The van der Waals surface area contributed by atoms with Gasteiger partial charge < -0.3 is 9.47 Å². The van der Waals surface area contributed by atoms with Crippen LogP contribution in [0, 0.1) is 3.57 Å². The van der Waals surface area contributed by atoms with Gasteiger partial charge in [0.05, 0.1) is 36.3 Å². The summed E-state index contributed by atoms with van der Waals surface area (Å²) in [5.41, 5.74) is 2.36. The second-order valence-corrected chi connectivity index (χ2v) is 12.0. The molecule has 1 saturated heterocycles. The topological polar surface area (TPSA) is 51.1 Å². The van der Waals surface area contributed by atoms with Gasteiger partial charge in [-0.3, -0.25) is 9.69 Å². The monoisotopic (exact) mass is 750 g/mol. The van der Waals surface area contributed by atoms with Crippen LogP contribution in [0.15, 0.2) is 62.9 Å². The molecule has 5 nitrogen and oxygen atoms in total. The number of halogens is 5. The van der Waals surface area contributed by atoms with E-state index in [1.165, 1.54) is 11.8 Å². The number of aliphatic imine (C=N–C) groups is 1. The van der Waals surface area contributed by atoms with Crippen molar-refractivity contribution in [2.75, 3.05) is 13.7 Å². The minimum absolute atomic E-state index is 0.108. The molecule has 0 atom stereocenters. The van der Waals surface area contributed by atoms with Crippen LogP contribution in [0.25, 0.3) is 6.08 Å². The van der Waals surface area contributed by atoms with Crippen LogP contribution in [0.4, 0.5) is 5.69 Å². The predicted molar refractivity (Wildman–Crippen MR) is 166 cm³/mol. The normalized spacial score (nSPS) is 15.6. The van der Waals surface area contributed by atoms with Crippen LogP contribution in [0.1, 0.15) is 18.1 Å². The van der Waals surface area contributed by atoms with Gasteiger partial charge in [-0.2, -0.15) is 0 Å². The molecule has 11 heteroatoms. The highest BCUT2D eigenvalue weighted by atomic mass is 127. The Morgan fingerprint density at radius 1 is 1.08 bits per heavy atom. The summed E-state index contributed by atoms with van der Waals surface area (Å²) < 4.78 is 13.3. The zero-order valence-corrected chi connectivity index (χ0v) is 26.4. The fraction of sp³-hybridized carbons (Fsp3) is 0.154. The number of thioether (sulfide) groups is 1. The molecule has 1 aliphatic heterocycles. The third kappa shape index (κ3) is 6.78. The van der Waals surface area contributed by atoms with Crippen LogP contribution >= 0.6 is 85.1 Å². The Morgan fingerprint density at radius 2 is 1.86 bits per heavy atom. The summed E-state index contributed by atoms with van der Waals surface area (Å²) in [5.74, 6) is 1.05. The molecule has 192 valence electrons. The summed E-state index contributed by atoms with van der Waals surface area (Å²) in [6, 6.07) is 14.6. The molecule has 0 aliphatic carbocycles. The molecule has 0 aromatic heterocycles. The van der Waals surface area contributed by atoms with Crippen molar-refractivity contribution in [1.82, 2.24) is 4.90 Å². The molecule has 1 amide bonds. The molecule has 37 heavy (non-hydrogen) atoms. The zero-order chi connectivity index (χ0) is 26.7. The number of nitrogens with zero attached hydrogens (tertiary/aromatic N) is 2. The summed E-state index contributed by atoms with van der Waals surface area (Å²) in [6.07, 6.45) is 1.83. The van der Waals surface area contributed by atoms with E-state index < -0.39 is 0 Å². The number of benzene rings is 3. The first-order valence-corrected chi connectivity index (χ1v) is 14.7. The number of ether oxygens (including phenoxy) is 2. The molecule has 1 aliphatic rings. The van der Waals surface area contributed by atoms with E-state index in [1.54, 1.807) is 30.2 Å². The minimum atomic E-state index is -0.108. The fourth-order valence-electron chi connectivity index (χ4n) is 3.43. The predicted octanol–water partition coefficient (Wildman–Crippen LogP) is 9.23. The van der Waals surface area contributed by atoms with E-state index in [-0.39, 0.29) is 5.91 Å². The summed E-state index contributed by atoms with van der Waals surface area (Å²) in [5, 5.41) is 2.11. The van der Waals surface area contributed by atoms with Crippen LogP contribution in [0.3, 0.4) is 0 Å². The van der Waals surface area contributed by atoms with Gasteiger partial charge in [-0.25, -0.2) is 4.99 Å². The minimum Gasteiger partial charge on any atom is -0.493 e. The third-order valence-corrected chi connectivity index (χ3v) is 9.03. The molecule has 0 saturated carbocycles. The lowest BCUT2D eigenvalue weighted by atomic mass is 10.1. The van der Waals surface area contributed by atoms with Crippen molar-refractivity contribution in [3.05, 3.63) is 87.7 Å². The van der Waals surface area contributed by atoms with Crippen LogP contribution < -0.4 is 9.47 Å². The lowest BCUT2D eigenvalue weighted by Crippen LogP contribution is -2.28. The first-order valence-electron chi connectivity index (χ1n) is 10.9. The van der Waals surface area contributed by atoms with Crippen molar-refractivity contribution < 1.29 is 14.3 Å². The highest BCUT2D eigenvalue weighted by molar-refractivity contribution is 14.1. The highest BCUT2D eigenvalue weighted by Gasteiger charge is 2.32. The largest absolute Gasteiger partial charge is 0.493 e. The van der Waals surface area contributed by atoms with Crippen molar-refractivity contribution in [3.63, 3.8) is 0 Å². The maximum absolute atomic E-state index is 13.1. The average Bonchev–Trinajstić information content (AvgIpc) is 3.15. The Hall–Kier alpha value is -1.43. The molecule has 0 spiro atoms. The Bertz CT molecular complexity index is 1430. The van der Waals surface area contributed by atoms with Gasteiger partial charge in [0, 0.05) is 11.0 Å². The maximum atomic E-state index is 13.1. The second-order valence-electron chi connectivity index (χ2n) is 7.72. The second kappa shape index (κ2) is 12.6. The van der Waals surface area contributed by atoms with Gasteiger partial charge >= 0.3 is 0 Å². The molecule has 0 radical (unpaired) electrons. The van der Waals surface area contributed by atoms with Crippen molar-refractivity contribution in [1.29, 1.82) is 0 Å². The van der Waals surface area contributed by atoms with Crippen LogP contribution in [-0.2, 0) is 11.4 Å². The number of likely N-dealkylation sites (N-methyl/N-ethyl adjacent to an activating group) is 1. The van der Waals surface area contributed by atoms with E-state index in [4.69, 9.17) is 44.3 Å². The Kier molecular flexibility index (Phi) is 9.74. The van der Waals surface area contributed by atoms with Gasteiger partial charge in [0.1, 0.15) is 6.61 Å². The zero-order valence-electron chi connectivity index (χ0n) is 19.5. The highest BCUT2D eigenvalue weighted by Crippen LogP contribution is 2.39. The van der Waals surface area contributed by atoms with Crippen molar-refractivity contribution in [2.24, 2.45) is 4.99 Å². The first-order chi connectivity index (χ1) is 17.7. The van der Waals surface area contributed by atoms with E-state index in [0.717, 1.165) is 19.2 Å². The van der Waals surface area contributed by atoms with Crippen molar-refractivity contribution in [3.8, 4) is 11.5 Å². The maximum Gasteiger partial charge on any atom is 0.266 e. The SMILES string of the molecule is CCN1C(=O)/C(=C/c2cc(I)c(OCc3ccc(Cl)c(Cl)c3)c(OC)c2)SC1=Nc1ccc(Br)c(Cl)c1. The van der Waals surface area contributed by atoms with Crippen molar-refractivity contribution >= 4 is 108 Å². The molecule has 0 unspecified atom stereocenters. The Balaban J connectivity index is 1.59. The molecule has 1 heterocycles. The number of amides is 1. The Morgan fingerprint density at radius 3 is 2.54 bits per heavy atom. The number of rotatable bonds is 7. The van der Waals surface area contributed by atoms with Gasteiger partial charge in [-0.15, -0.1) is 0 Å². The number of hydrogen-bond donors (Lipinski definition) is 0. The average molecular weight is 753 g/mol. The molecule has 3 aromatic rings. The van der Waals surface area contributed by atoms with Crippen LogP contribution in [0.2, 0.25) is 15.1 Å². The summed E-state index contributed by atoms with van der Waals surface area (Å²) in [4.78, 5) is 20.0. The number of hydrogen-bond acceptors (Lipinski definition) is 5. The van der Waals surface area contributed by atoms with Crippen molar-refractivity contribution in [2.45, 2.75) is 13.5 Å². The lowest BCUT2D eigenvalue weighted by Gasteiger charge is -2.14. The molecule has 3 aromatic carbocycles. The third-order valence-electron chi connectivity index (χ3n) is 5.25. The summed E-state index contributed by atoms with van der Waals surface area (Å²) in [6.45, 7) is 2.70. The van der Waals surface area contributed by atoms with Gasteiger partial charge in [-0.05, 0) is 117 Å². The fourth-order valence-corrected chi connectivity index (χ4v) is 6.02. The molecule has 0 bridgehead atoms. The molecule has 0 N–H and O–H groups in total. The molecular weight excluding hydrogens is 734 g/mol. The van der Waals surface area contributed by atoms with E-state index in [0.29, 0.717) is 55.5 Å². The van der Waals surface area contributed by atoms with E-state index in [9.17, 15) is 4.79 Å². The van der Waals surface area contributed by atoms with E-state index in [1.807, 2.05) is 43.3 Å². The van der Waals surface area contributed by atoms with Gasteiger partial charge in [0.25, 0.3) is 5.91 Å². The standard InChI is InChI=1S/C26H19BrCl3IN2O3S/c1-3-33-25(34)23(37-26(33)32-16-5-6-17(27)19(29)12-16)11-15-9-21(31)24(22(10-15)35-2)36-13-14-4-7-18(28)20(30)8-14/h4-12H,3,13H2,1-2H3/b23-11-,32-26?. The summed E-state index contributed by atoms with van der Waals surface area (Å²) in [7, 11) is 1.58.